The number of carbonyl (C=O) groups is 1. The molecule has 3 heterocycles. The minimum Gasteiger partial charge on any atom is -0.360 e. The Labute approximate surface area is 185 Å². The molecule has 7 nitrogen and oxygen atoms in total. The fourth-order valence-electron chi connectivity index (χ4n) is 4.99. The number of carbonyl (C=O) groups excluding carboxylic acids is 1. The Kier molecular flexibility index (Phi) is 5.03. The number of likely N-dealkylation sites (tertiary alicyclic amines) is 1. The van der Waals surface area contributed by atoms with E-state index < -0.39 is 11.4 Å². The molecule has 2 aromatic rings. The summed E-state index contributed by atoms with van der Waals surface area (Å²) >= 11 is 0. The summed E-state index contributed by atoms with van der Waals surface area (Å²) in [6.45, 7) is 1.15. The number of fused-ring (bicyclic) bond motifs is 2. The summed E-state index contributed by atoms with van der Waals surface area (Å²) in [6, 6.07) is 12.3. The van der Waals surface area contributed by atoms with Gasteiger partial charge in [0.05, 0.1) is 22.8 Å². The molecule has 0 spiro atoms. The Morgan fingerprint density at radius 2 is 1.91 bits per heavy atom. The summed E-state index contributed by atoms with van der Waals surface area (Å²) in [5.41, 5.74) is 0.783. The number of amides is 1. The molecule has 3 fully saturated rings. The number of piperazine rings is 1. The van der Waals surface area contributed by atoms with E-state index in [0.29, 0.717) is 37.1 Å². The van der Waals surface area contributed by atoms with Crippen molar-refractivity contribution >= 4 is 11.7 Å². The molecule has 2 bridgehead atoms. The monoisotopic (exact) mass is 431 g/mol. The van der Waals surface area contributed by atoms with Gasteiger partial charge >= 0.3 is 0 Å². The maximum atomic E-state index is 13.5. The minimum atomic E-state index is -0.665. The van der Waals surface area contributed by atoms with Crippen LogP contribution in [0.25, 0.3) is 0 Å². The van der Waals surface area contributed by atoms with E-state index in [1.807, 2.05) is 17.0 Å². The van der Waals surface area contributed by atoms with Crippen LogP contribution in [0.3, 0.4) is 0 Å². The van der Waals surface area contributed by atoms with Crippen LogP contribution < -0.4 is 4.90 Å². The van der Waals surface area contributed by atoms with E-state index in [4.69, 9.17) is 10.00 Å². The van der Waals surface area contributed by atoms with Gasteiger partial charge in [0, 0.05) is 36.9 Å². The van der Waals surface area contributed by atoms with Crippen molar-refractivity contribution in [1.29, 1.82) is 10.5 Å². The Morgan fingerprint density at radius 1 is 1.16 bits per heavy atom. The molecule has 1 saturated carbocycles. The summed E-state index contributed by atoms with van der Waals surface area (Å²) in [6.07, 6.45) is 4.98. The number of pyridine rings is 1. The first-order chi connectivity index (χ1) is 15.5. The highest BCUT2D eigenvalue weighted by Gasteiger charge is 2.48. The molecule has 1 aromatic heterocycles. The van der Waals surface area contributed by atoms with Crippen LogP contribution in [0, 0.1) is 28.5 Å². The number of halogens is 1. The number of nitriles is 2. The molecule has 0 N–H and O–H groups in total. The lowest BCUT2D eigenvalue weighted by atomic mass is 10.0. The van der Waals surface area contributed by atoms with Crippen LogP contribution in [-0.2, 0) is 15.1 Å². The van der Waals surface area contributed by atoms with Crippen molar-refractivity contribution in [2.24, 2.45) is 0 Å². The highest BCUT2D eigenvalue weighted by atomic mass is 19.1. The largest absolute Gasteiger partial charge is 0.360 e. The summed E-state index contributed by atoms with van der Waals surface area (Å²) in [7, 11) is 0. The molecule has 1 aliphatic carbocycles. The van der Waals surface area contributed by atoms with Crippen molar-refractivity contribution in [3.63, 3.8) is 0 Å². The quantitative estimate of drug-likeness (QED) is 0.723. The van der Waals surface area contributed by atoms with Gasteiger partial charge in [0.25, 0.3) is 0 Å². The zero-order valence-electron chi connectivity index (χ0n) is 17.5. The molecule has 2 atom stereocenters. The molecular weight excluding hydrogens is 409 g/mol. The predicted molar refractivity (Wildman–Crippen MR) is 113 cm³/mol. The molecule has 1 aromatic carbocycles. The van der Waals surface area contributed by atoms with E-state index in [-0.39, 0.29) is 30.2 Å². The van der Waals surface area contributed by atoms with Gasteiger partial charge in [0.1, 0.15) is 24.3 Å². The minimum absolute atomic E-state index is 0.0587. The third kappa shape index (κ3) is 3.57. The molecule has 2 aliphatic heterocycles. The average Bonchev–Trinajstić information content (AvgIpc) is 3.56. The zero-order chi connectivity index (χ0) is 22.3. The van der Waals surface area contributed by atoms with Crippen LogP contribution in [0.2, 0.25) is 0 Å². The number of rotatable bonds is 5. The fourth-order valence-corrected chi connectivity index (χ4v) is 4.99. The molecule has 1 amide bonds. The number of hydrogen-bond acceptors (Lipinski definition) is 6. The van der Waals surface area contributed by atoms with E-state index >= 15 is 0 Å². The highest BCUT2D eigenvalue weighted by Crippen LogP contribution is 2.50. The Balaban J connectivity index is 1.24. The van der Waals surface area contributed by atoms with Crippen LogP contribution in [-0.4, -0.2) is 47.6 Å². The van der Waals surface area contributed by atoms with Crippen LogP contribution >= 0.6 is 0 Å². The molecule has 32 heavy (non-hydrogen) atoms. The summed E-state index contributed by atoms with van der Waals surface area (Å²) in [5.74, 6) is 0.320. The summed E-state index contributed by atoms with van der Waals surface area (Å²) in [4.78, 5) is 21.5. The van der Waals surface area contributed by atoms with Gasteiger partial charge in [-0.3, -0.25) is 4.79 Å². The second-order valence-electron chi connectivity index (χ2n) is 8.69. The second-order valence-corrected chi connectivity index (χ2v) is 8.69. The smallest absolute Gasteiger partial charge is 0.248 e. The van der Waals surface area contributed by atoms with Gasteiger partial charge in [-0.15, -0.1) is 0 Å². The summed E-state index contributed by atoms with van der Waals surface area (Å²) in [5, 5.41) is 18.3. The topological polar surface area (TPSA) is 93.3 Å². The Morgan fingerprint density at radius 3 is 2.50 bits per heavy atom. The van der Waals surface area contributed by atoms with Crippen LogP contribution in [0.4, 0.5) is 10.2 Å². The van der Waals surface area contributed by atoms with Gasteiger partial charge in [-0.25, -0.2) is 9.37 Å². The summed E-state index contributed by atoms with van der Waals surface area (Å²) < 4.78 is 19.5. The van der Waals surface area contributed by atoms with Crippen LogP contribution in [0.15, 0.2) is 36.5 Å². The van der Waals surface area contributed by atoms with Gasteiger partial charge in [-0.1, -0.05) is 6.07 Å². The first kappa shape index (κ1) is 20.4. The lowest BCUT2D eigenvalue weighted by Gasteiger charge is -2.41. The Hall–Kier alpha value is -3.49. The third-order valence-electron chi connectivity index (χ3n) is 6.75. The second kappa shape index (κ2) is 7.89. The Bertz CT molecular complexity index is 1120. The van der Waals surface area contributed by atoms with E-state index in [2.05, 4.69) is 16.0 Å². The molecule has 5 rings (SSSR count). The SMILES string of the molecule is N#Cc1ccc(N2C3CC[C@H]2CN(C(=O)COC2(c4ccc(F)cc4C#N)CC2)C3)nc1. The van der Waals surface area contributed by atoms with Gasteiger partial charge in [-0.05, 0) is 49.9 Å². The van der Waals surface area contributed by atoms with Gasteiger partial charge in [-0.2, -0.15) is 10.5 Å². The number of benzene rings is 1. The maximum absolute atomic E-state index is 13.5. The number of hydrogen-bond donors (Lipinski definition) is 0. The van der Waals surface area contributed by atoms with Crippen molar-refractivity contribution < 1.29 is 13.9 Å². The van der Waals surface area contributed by atoms with Gasteiger partial charge in [0.2, 0.25) is 5.91 Å². The first-order valence-corrected chi connectivity index (χ1v) is 10.8. The van der Waals surface area contributed by atoms with Crippen molar-refractivity contribution in [3.8, 4) is 12.1 Å². The normalized spacial score (nSPS) is 22.8. The van der Waals surface area contributed by atoms with E-state index in [1.54, 1.807) is 18.3 Å². The van der Waals surface area contributed by atoms with Crippen molar-refractivity contribution in [1.82, 2.24) is 9.88 Å². The van der Waals surface area contributed by atoms with Crippen LogP contribution in [0.5, 0.6) is 0 Å². The highest BCUT2D eigenvalue weighted by molar-refractivity contribution is 5.78. The third-order valence-corrected chi connectivity index (χ3v) is 6.75. The van der Waals surface area contributed by atoms with Gasteiger partial charge < -0.3 is 14.5 Å². The fraction of sp³-hybridized carbons (Fsp3) is 0.417. The van der Waals surface area contributed by atoms with Crippen molar-refractivity contribution in [2.45, 2.75) is 43.4 Å². The molecular formula is C24H22FN5O2. The predicted octanol–water partition coefficient (Wildman–Crippen LogP) is 2.85. The van der Waals surface area contributed by atoms with Gasteiger partial charge in [0.15, 0.2) is 0 Å². The van der Waals surface area contributed by atoms with E-state index in [1.165, 1.54) is 12.1 Å². The zero-order valence-corrected chi connectivity index (χ0v) is 17.5. The van der Waals surface area contributed by atoms with E-state index in [0.717, 1.165) is 18.7 Å². The molecule has 2 saturated heterocycles. The number of ether oxygens (including phenoxy) is 1. The molecule has 0 radical (unpaired) electrons. The lowest BCUT2D eigenvalue weighted by Crippen LogP contribution is -2.56. The molecule has 1 unspecified atom stereocenters. The number of aromatic nitrogens is 1. The lowest BCUT2D eigenvalue weighted by molar-refractivity contribution is -0.140. The number of nitrogens with zero attached hydrogens (tertiary/aromatic N) is 5. The average molecular weight is 431 g/mol. The molecule has 8 heteroatoms. The molecule has 3 aliphatic rings. The van der Waals surface area contributed by atoms with E-state index in [9.17, 15) is 14.4 Å². The van der Waals surface area contributed by atoms with Crippen molar-refractivity contribution in [3.05, 3.63) is 59.0 Å². The molecule has 162 valence electrons. The van der Waals surface area contributed by atoms with Crippen LogP contribution in [0.1, 0.15) is 42.4 Å². The number of anilines is 1. The van der Waals surface area contributed by atoms with Crippen molar-refractivity contribution in [2.75, 3.05) is 24.6 Å². The first-order valence-electron chi connectivity index (χ1n) is 10.8. The standard InChI is InChI=1S/C24H22FN5O2/c25-18-2-5-21(17(9-18)11-27)24(7-8-24)32-15-23(31)29-13-19-3-4-20(14-29)30(19)22-6-1-16(10-26)12-28-22/h1-2,5-6,9,12,19-20H,3-4,7-8,13-15H2/t19-,20?/m0/s1. The maximum Gasteiger partial charge on any atom is 0.248 e.